The van der Waals surface area contributed by atoms with Gasteiger partial charge in [0.1, 0.15) is 5.75 Å². The number of hydrazine groups is 1. The van der Waals surface area contributed by atoms with Gasteiger partial charge in [-0.15, -0.1) is 0 Å². The van der Waals surface area contributed by atoms with E-state index in [1.54, 1.807) is 18.2 Å². The van der Waals surface area contributed by atoms with Crippen LogP contribution in [-0.2, 0) is 4.79 Å². The molecule has 0 saturated heterocycles. The third kappa shape index (κ3) is 8.02. The van der Waals surface area contributed by atoms with E-state index in [2.05, 4.69) is 12.3 Å². The second kappa shape index (κ2) is 11.6. The Morgan fingerprint density at radius 1 is 1.00 bits per heavy atom. The van der Waals surface area contributed by atoms with Gasteiger partial charge in [-0.3, -0.25) is 15.0 Å². The van der Waals surface area contributed by atoms with Crippen molar-refractivity contribution in [1.29, 1.82) is 0 Å². The number of carbonyl (C=O) groups excluding carboxylic acids is 2. The molecule has 1 rings (SSSR count). The van der Waals surface area contributed by atoms with Gasteiger partial charge in [0, 0.05) is 6.42 Å². The highest BCUT2D eigenvalue weighted by Crippen LogP contribution is 2.22. The molecule has 0 bridgehead atoms. The molecule has 1 aromatic rings. The zero-order valence-corrected chi connectivity index (χ0v) is 17.6. The molecule has 0 atom stereocenters. The number of hydrogen-bond donors (Lipinski definition) is 1. The van der Waals surface area contributed by atoms with Crippen molar-refractivity contribution in [2.75, 3.05) is 7.11 Å². The van der Waals surface area contributed by atoms with E-state index in [-0.39, 0.29) is 11.8 Å². The van der Waals surface area contributed by atoms with Crippen LogP contribution in [0.25, 0.3) is 0 Å². The van der Waals surface area contributed by atoms with Crippen LogP contribution in [0.2, 0.25) is 0 Å². The molecule has 5 heteroatoms. The largest absolute Gasteiger partial charge is 0.496 e. The third-order valence-electron chi connectivity index (χ3n) is 4.46. The van der Waals surface area contributed by atoms with Gasteiger partial charge in [-0.2, -0.15) is 0 Å². The van der Waals surface area contributed by atoms with Crippen LogP contribution in [0.3, 0.4) is 0 Å². The highest BCUT2D eigenvalue weighted by molar-refractivity contribution is 5.98. The molecule has 0 fully saturated rings. The molecule has 0 saturated carbocycles. The van der Waals surface area contributed by atoms with Crippen molar-refractivity contribution >= 4 is 11.8 Å². The molecular formula is C22H36N2O3. The molecule has 0 aliphatic rings. The molecule has 5 nitrogen and oxygen atoms in total. The van der Waals surface area contributed by atoms with Crippen molar-refractivity contribution in [1.82, 2.24) is 10.4 Å². The van der Waals surface area contributed by atoms with Gasteiger partial charge in [-0.05, 0) is 39.3 Å². The van der Waals surface area contributed by atoms with Crippen molar-refractivity contribution in [3.63, 3.8) is 0 Å². The number of unbranched alkanes of at least 4 members (excludes halogenated alkanes) is 6. The predicted octanol–water partition coefficient (Wildman–Crippen LogP) is 5.11. The van der Waals surface area contributed by atoms with Gasteiger partial charge >= 0.3 is 0 Å². The smallest absolute Gasteiger partial charge is 0.276 e. The van der Waals surface area contributed by atoms with Gasteiger partial charge in [0.05, 0.1) is 18.2 Å². The molecule has 0 spiro atoms. The number of amides is 2. The number of para-hydroxylation sites is 1. The summed E-state index contributed by atoms with van der Waals surface area (Å²) in [7, 11) is 1.53. The average Bonchev–Trinajstić information content (AvgIpc) is 2.64. The first-order valence-corrected chi connectivity index (χ1v) is 10.1. The molecule has 0 radical (unpaired) electrons. The first-order chi connectivity index (χ1) is 12.8. The van der Waals surface area contributed by atoms with Crippen LogP contribution in [0.15, 0.2) is 24.3 Å². The van der Waals surface area contributed by atoms with Gasteiger partial charge < -0.3 is 4.74 Å². The Kier molecular flexibility index (Phi) is 9.90. The van der Waals surface area contributed by atoms with Crippen LogP contribution in [-0.4, -0.2) is 29.5 Å². The summed E-state index contributed by atoms with van der Waals surface area (Å²) in [6, 6.07) is 7.06. The van der Waals surface area contributed by atoms with E-state index < -0.39 is 5.54 Å². The Morgan fingerprint density at radius 3 is 2.19 bits per heavy atom. The topological polar surface area (TPSA) is 58.6 Å². The van der Waals surface area contributed by atoms with E-state index in [0.29, 0.717) is 17.7 Å². The van der Waals surface area contributed by atoms with E-state index in [1.165, 1.54) is 37.8 Å². The van der Waals surface area contributed by atoms with Gasteiger partial charge in [0.25, 0.3) is 5.91 Å². The fourth-order valence-electron chi connectivity index (χ4n) is 2.89. The van der Waals surface area contributed by atoms with E-state index in [0.717, 1.165) is 19.3 Å². The van der Waals surface area contributed by atoms with E-state index in [9.17, 15) is 9.59 Å². The summed E-state index contributed by atoms with van der Waals surface area (Å²) < 4.78 is 5.29. The monoisotopic (exact) mass is 376 g/mol. The molecular weight excluding hydrogens is 340 g/mol. The number of ether oxygens (including phenoxy) is 1. The standard InChI is InChI=1S/C22H36N2O3/c1-6-7-8-9-10-11-12-17-20(25)23-24(22(2,3)4)21(26)18-15-13-14-16-19(18)27-5/h13-16H,6-12,17H2,1-5H3,(H,23,25). The molecule has 1 aromatic carbocycles. The third-order valence-corrected chi connectivity index (χ3v) is 4.46. The number of carbonyl (C=O) groups is 2. The lowest BCUT2D eigenvalue weighted by molar-refractivity contribution is -0.127. The average molecular weight is 377 g/mol. The van der Waals surface area contributed by atoms with Crippen molar-refractivity contribution < 1.29 is 14.3 Å². The first kappa shape index (κ1) is 23.0. The quantitative estimate of drug-likeness (QED) is 0.456. The molecule has 0 heterocycles. The lowest BCUT2D eigenvalue weighted by atomic mass is 10.1. The summed E-state index contributed by atoms with van der Waals surface area (Å²) in [6.07, 6.45) is 8.52. The highest BCUT2D eigenvalue weighted by Gasteiger charge is 2.30. The number of benzene rings is 1. The normalized spacial score (nSPS) is 11.1. The molecule has 152 valence electrons. The molecule has 0 unspecified atom stereocenters. The SMILES string of the molecule is CCCCCCCCCC(=O)NN(C(=O)c1ccccc1OC)C(C)(C)C. The maximum atomic E-state index is 13.0. The fourth-order valence-corrected chi connectivity index (χ4v) is 2.89. The fraction of sp³-hybridized carbons (Fsp3) is 0.636. The predicted molar refractivity (Wildman–Crippen MR) is 110 cm³/mol. The maximum Gasteiger partial charge on any atom is 0.276 e. The Hall–Kier alpha value is -2.04. The molecule has 0 aromatic heterocycles. The van der Waals surface area contributed by atoms with Crippen molar-refractivity contribution in [2.45, 2.75) is 84.6 Å². The molecule has 27 heavy (non-hydrogen) atoms. The van der Waals surface area contributed by atoms with E-state index in [1.807, 2.05) is 26.8 Å². The van der Waals surface area contributed by atoms with Crippen molar-refractivity contribution in [3.05, 3.63) is 29.8 Å². The lowest BCUT2D eigenvalue weighted by Gasteiger charge is -2.35. The van der Waals surface area contributed by atoms with Gasteiger partial charge in [0.2, 0.25) is 5.91 Å². The van der Waals surface area contributed by atoms with Crippen LogP contribution in [0, 0.1) is 0 Å². The van der Waals surface area contributed by atoms with Crippen LogP contribution in [0.1, 0.15) is 89.4 Å². The first-order valence-electron chi connectivity index (χ1n) is 10.1. The zero-order valence-electron chi connectivity index (χ0n) is 17.6. The van der Waals surface area contributed by atoms with Crippen LogP contribution in [0.5, 0.6) is 5.75 Å². The Labute approximate surface area is 164 Å². The van der Waals surface area contributed by atoms with Crippen LogP contribution in [0.4, 0.5) is 0 Å². The minimum absolute atomic E-state index is 0.123. The number of rotatable bonds is 10. The second-order valence-electron chi connectivity index (χ2n) is 7.92. The van der Waals surface area contributed by atoms with Crippen molar-refractivity contribution in [2.24, 2.45) is 0 Å². The lowest BCUT2D eigenvalue weighted by Crippen LogP contribution is -2.55. The highest BCUT2D eigenvalue weighted by atomic mass is 16.5. The van der Waals surface area contributed by atoms with Gasteiger partial charge in [-0.1, -0.05) is 57.6 Å². The molecule has 0 aliphatic heterocycles. The summed E-state index contributed by atoms with van der Waals surface area (Å²) in [5, 5.41) is 1.41. The minimum atomic E-state index is -0.548. The second-order valence-corrected chi connectivity index (χ2v) is 7.92. The summed E-state index contributed by atoms with van der Waals surface area (Å²) in [6.45, 7) is 7.90. The summed E-state index contributed by atoms with van der Waals surface area (Å²) in [5.74, 6) is 0.104. The van der Waals surface area contributed by atoms with Gasteiger partial charge in [-0.25, -0.2) is 5.01 Å². The van der Waals surface area contributed by atoms with Crippen molar-refractivity contribution in [3.8, 4) is 5.75 Å². The Morgan fingerprint density at radius 2 is 1.59 bits per heavy atom. The van der Waals surface area contributed by atoms with Gasteiger partial charge in [0.15, 0.2) is 0 Å². The number of methoxy groups -OCH3 is 1. The summed E-state index contributed by atoms with van der Waals surface area (Å²) >= 11 is 0. The number of nitrogens with one attached hydrogen (secondary N) is 1. The van der Waals surface area contributed by atoms with E-state index in [4.69, 9.17) is 4.74 Å². The number of nitrogens with zero attached hydrogens (tertiary/aromatic N) is 1. The maximum absolute atomic E-state index is 13.0. The summed E-state index contributed by atoms with van der Waals surface area (Å²) in [4.78, 5) is 25.4. The molecule has 2 amide bonds. The number of hydrogen-bond acceptors (Lipinski definition) is 3. The molecule has 0 aliphatic carbocycles. The zero-order chi connectivity index (χ0) is 20.3. The Bertz CT molecular complexity index is 593. The molecule has 1 N–H and O–H groups in total. The van der Waals surface area contributed by atoms with E-state index >= 15 is 0 Å². The van der Waals surface area contributed by atoms with Crippen LogP contribution >= 0.6 is 0 Å². The van der Waals surface area contributed by atoms with Crippen LogP contribution < -0.4 is 10.2 Å². The summed E-state index contributed by atoms with van der Waals surface area (Å²) in [5.41, 5.74) is 2.70. The Balaban J connectivity index is 2.62. The minimum Gasteiger partial charge on any atom is -0.496 e.